The lowest BCUT2D eigenvalue weighted by molar-refractivity contribution is 0.404. The number of nitrogens with two attached hydrogens (primary N) is 1. The molecular formula is C11H16Cl2N2. The number of nitrogens with one attached hydrogen (secondary N) is 1. The van der Waals surface area contributed by atoms with Crippen LogP contribution >= 0.6 is 23.2 Å². The van der Waals surface area contributed by atoms with E-state index in [2.05, 4.69) is 19.3 Å². The molecule has 1 aromatic carbocycles. The molecule has 4 heteroatoms. The van der Waals surface area contributed by atoms with Gasteiger partial charge in [-0.2, -0.15) is 0 Å². The molecule has 84 valence electrons. The summed E-state index contributed by atoms with van der Waals surface area (Å²) in [6.45, 7) is 4.23. The summed E-state index contributed by atoms with van der Waals surface area (Å²) in [5, 5.41) is 1.22. The zero-order valence-corrected chi connectivity index (χ0v) is 10.4. The third-order valence-electron chi connectivity index (χ3n) is 2.49. The lowest BCUT2D eigenvalue weighted by Crippen LogP contribution is -2.40. The van der Waals surface area contributed by atoms with Gasteiger partial charge in [0.15, 0.2) is 0 Å². The van der Waals surface area contributed by atoms with Gasteiger partial charge in [-0.25, -0.2) is 0 Å². The van der Waals surface area contributed by atoms with Crippen LogP contribution in [0.2, 0.25) is 10.0 Å². The summed E-state index contributed by atoms with van der Waals surface area (Å²) in [7, 11) is 0. The topological polar surface area (TPSA) is 38.0 Å². The van der Waals surface area contributed by atoms with Gasteiger partial charge in [0, 0.05) is 6.04 Å². The highest BCUT2D eigenvalue weighted by molar-refractivity contribution is 6.42. The van der Waals surface area contributed by atoms with E-state index < -0.39 is 0 Å². The number of benzene rings is 1. The summed E-state index contributed by atoms with van der Waals surface area (Å²) in [4.78, 5) is 0. The third kappa shape index (κ3) is 3.35. The molecule has 0 aliphatic carbocycles. The van der Waals surface area contributed by atoms with Gasteiger partial charge in [-0.1, -0.05) is 49.2 Å². The van der Waals surface area contributed by atoms with E-state index >= 15 is 0 Å². The van der Waals surface area contributed by atoms with Crippen molar-refractivity contribution in [2.75, 3.05) is 0 Å². The molecule has 0 saturated carbocycles. The van der Waals surface area contributed by atoms with Gasteiger partial charge in [0.1, 0.15) is 0 Å². The molecule has 1 rings (SSSR count). The number of hydrogen-bond acceptors (Lipinski definition) is 2. The minimum Gasteiger partial charge on any atom is -0.271 e. The summed E-state index contributed by atoms with van der Waals surface area (Å²) in [5.74, 6) is 5.93. The summed E-state index contributed by atoms with van der Waals surface area (Å²) in [6, 6.07) is 5.87. The zero-order chi connectivity index (χ0) is 11.4. The van der Waals surface area contributed by atoms with Crippen molar-refractivity contribution in [3.63, 3.8) is 0 Å². The molecule has 0 saturated heterocycles. The molecule has 0 heterocycles. The number of rotatable bonds is 4. The fraction of sp³-hybridized carbons (Fsp3) is 0.455. The maximum atomic E-state index is 6.10. The highest BCUT2D eigenvalue weighted by atomic mass is 35.5. The van der Waals surface area contributed by atoms with Crippen LogP contribution in [-0.4, -0.2) is 6.04 Å². The van der Waals surface area contributed by atoms with Crippen molar-refractivity contribution < 1.29 is 0 Å². The maximum Gasteiger partial charge on any atom is 0.0624 e. The Kier molecular flexibility index (Phi) is 4.87. The maximum absolute atomic E-state index is 6.10. The predicted octanol–water partition coefficient (Wildman–Crippen LogP) is 3.02. The molecule has 0 bridgehead atoms. The molecule has 0 aromatic heterocycles. The van der Waals surface area contributed by atoms with E-state index in [0.29, 0.717) is 16.0 Å². The van der Waals surface area contributed by atoms with Crippen LogP contribution in [0.3, 0.4) is 0 Å². The molecule has 1 aromatic rings. The molecule has 0 aliphatic rings. The van der Waals surface area contributed by atoms with Gasteiger partial charge >= 0.3 is 0 Å². The average molecular weight is 247 g/mol. The lowest BCUT2D eigenvalue weighted by Gasteiger charge is -2.20. The molecular weight excluding hydrogens is 231 g/mol. The van der Waals surface area contributed by atoms with E-state index in [4.69, 9.17) is 29.0 Å². The van der Waals surface area contributed by atoms with Crippen LogP contribution < -0.4 is 11.3 Å². The van der Waals surface area contributed by atoms with Crippen LogP contribution in [0.4, 0.5) is 0 Å². The first-order chi connectivity index (χ1) is 7.06. The second-order valence-electron chi connectivity index (χ2n) is 3.93. The zero-order valence-electron chi connectivity index (χ0n) is 8.93. The minimum absolute atomic E-state index is 0.209. The molecule has 1 atom stereocenters. The van der Waals surface area contributed by atoms with Gasteiger partial charge in [0.2, 0.25) is 0 Å². The largest absolute Gasteiger partial charge is 0.271 e. The standard InChI is InChI=1S/C11H16Cl2N2/c1-7(2)10(15-14)6-8-4-3-5-9(12)11(8)13/h3-5,7,10,15H,6,14H2,1-2H3. The van der Waals surface area contributed by atoms with Crippen molar-refractivity contribution >= 4 is 23.2 Å². The number of halogens is 2. The second kappa shape index (κ2) is 5.71. The molecule has 0 radical (unpaired) electrons. The SMILES string of the molecule is CC(C)C(Cc1cccc(Cl)c1Cl)NN. The Morgan fingerprint density at radius 3 is 2.53 bits per heavy atom. The van der Waals surface area contributed by atoms with Crippen LogP contribution in [0.15, 0.2) is 18.2 Å². The normalized spacial score (nSPS) is 13.2. The van der Waals surface area contributed by atoms with Crippen LogP contribution in [0.1, 0.15) is 19.4 Å². The summed E-state index contributed by atoms with van der Waals surface area (Å²) in [6.07, 6.45) is 0.785. The van der Waals surface area contributed by atoms with E-state index in [1.807, 2.05) is 12.1 Å². The van der Waals surface area contributed by atoms with Gasteiger partial charge < -0.3 is 0 Å². The number of hydrazine groups is 1. The fourth-order valence-electron chi connectivity index (χ4n) is 1.43. The third-order valence-corrected chi connectivity index (χ3v) is 3.35. The van der Waals surface area contributed by atoms with Crippen LogP contribution in [0.5, 0.6) is 0 Å². The Morgan fingerprint density at radius 1 is 1.33 bits per heavy atom. The van der Waals surface area contributed by atoms with E-state index in [9.17, 15) is 0 Å². The van der Waals surface area contributed by atoms with Crippen molar-refractivity contribution in [3.05, 3.63) is 33.8 Å². The van der Waals surface area contributed by atoms with Crippen LogP contribution in [0.25, 0.3) is 0 Å². The first kappa shape index (κ1) is 12.8. The van der Waals surface area contributed by atoms with Crippen molar-refractivity contribution in [1.29, 1.82) is 0 Å². The van der Waals surface area contributed by atoms with E-state index in [-0.39, 0.29) is 6.04 Å². The Hall–Kier alpha value is -0.280. The summed E-state index contributed by atoms with van der Waals surface area (Å²) in [5.41, 5.74) is 3.82. The van der Waals surface area contributed by atoms with Gasteiger partial charge in [-0.3, -0.25) is 11.3 Å². The van der Waals surface area contributed by atoms with Crippen molar-refractivity contribution in [2.45, 2.75) is 26.3 Å². The minimum atomic E-state index is 0.209. The molecule has 0 fully saturated rings. The average Bonchev–Trinajstić information content (AvgIpc) is 2.19. The number of hydrogen-bond donors (Lipinski definition) is 2. The van der Waals surface area contributed by atoms with Crippen molar-refractivity contribution in [1.82, 2.24) is 5.43 Å². The molecule has 3 N–H and O–H groups in total. The Balaban J connectivity index is 2.84. The summed E-state index contributed by atoms with van der Waals surface area (Å²) >= 11 is 12.0. The van der Waals surface area contributed by atoms with E-state index in [0.717, 1.165) is 12.0 Å². The quantitative estimate of drug-likeness (QED) is 0.634. The van der Waals surface area contributed by atoms with Crippen molar-refractivity contribution in [2.24, 2.45) is 11.8 Å². The van der Waals surface area contributed by atoms with Gasteiger partial charge in [0.05, 0.1) is 10.0 Å². The van der Waals surface area contributed by atoms with E-state index in [1.165, 1.54) is 0 Å². The highest BCUT2D eigenvalue weighted by Gasteiger charge is 2.14. The fourth-order valence-corrected chi connectivity index (χ4v) is 1.83. The van der Waals surface area contributed by atoms with Gasteiger partial charge in [-0.05, 0) is 24.0 Å². The Morgan fingerprint density at radius 2 is 2.00 bits per heavy atom. The molecule has 0 spiro atoms. The van der Waals surface area contributed by atoms with Crippen LogP contribution in [-0.2, 0) is 6.42 Å². The molecule has 0 amide bonds. The smallest absolute Gasteiger partial charge is 0.0624 e. The van der Waals surface area contributed by atoms with Crippen molar-refractivity contribution in [3.8, 4) is 0 Å². The van der Waals surface area contributed by atoms with Gasteiger partial charge in [-0.15, -0.1) is 0 Å². The van der Waals surface area contributed by atoms with Gasteiger partial charge in [0.25, 0.3) is 0 Å². The Bertz CT molecular complexity index is 326. The van der Waals surface area contributed by atoms with Crippen LogP contribution in [0, 0.1) is 5.92 Å². The molecule has 15 heavy (non-hydrogen) atoms. The second-order valence-corrected chi connectivity index (χ2v) is 4.72. The molecule has 1 unspecified atom stereocenters. The highest BCUT2D eigenvalue weighted by Crippen LogP contribution is 2.27. The Labute approximate surface area is 101 Å². The summed E-state index contributed by atoms with van der Waals surface area (Å²) < 4.78 is 0. The monoisotopic (exact) mass is 246 g/mol. The molecule has 2 nitrogen and oxygen atoms in total. The van der Waals surface area contributed by atoms with E-state index in [1.54, 1.807) is 6.07 Å². The predicted molar refractivity (Wildman–Crippen MR) is 66.1 cm³/mol. The lowest BCUT2D eigenvalue weighted by atomic mass is 9.97. The first-order valence-corrected chi connectivity index (χ1v) is 5.71. The molecule has 0 aliphatic heterocycles. The first-order valence-electron chi connectivity index (χ1n) is 4.95.